The summed E-state index contributed by atoms with van der Waals surface area (Å²) in [5.74, 6) is 0.697. The molecule has 2 aliphatic rings. The van der Waals surface area contributed by atoms with Crippen LogP contribution in [0.5, 0.6) is 0 Å². The molecule has 2 aliphatic heterocycles. The number of halogens is 1. The maximum atomic E-state index is 6.66. The fourth-order valence-corrected chi connectivity index (χ4v) is 4.23. The van der Waals surface area contributed by atoms with Gasteiger partial charge >= 0.3 is 0 Å². The normalized spacial score (nSPS) is 19.5. The van der Waals surface area contributed by atoms with Gasteiger partial charge in [0.1, 0.15) is 5.52 Å². The van der Waals surface area contributed by atoms with Gasteiger partial charge in [-0.1, -0.05) is 17.7 Å². The van der Waals surface area contributed by atoms with Crippen LogP contribution in [0.3, 0.4) is 0 Å². The van der Waals surface area contributed by atoms with Crippen molar-refractivity contribution in [2.75, 3.05) is 62.8 Å². The molecule has 0 radical (unpaired) electrons. The molecule has 2 aromatic heterocycles. The first-order valence-electron chi connectivity index (χ1n) is 10.6. The summed E-state index contributed by atoms with van der Waals surface area (Å²) >= 11 is 6.66. The van der Waals surface area contributed by atoms with Crippen LogP contribution in [0.1, 0.15) is 0 Å². The van der Waals surface area contributed by atoms with Crippen molar-refractivity contribution < 1.29 is 9.47 Å². The predicted octanol–water partition coefficient (Wildman–Crippen LogP) is 2.58. The summed E-state index contributed by atoms with van der Waals surface area (Å²) in [4.78, 5) is 16.1. The molecule has 8 nitrogen and oxygen atoms in total. The van der Waals surface area contributed by atoms with Crippen molar-refractivity contribution in [1.82, 2.24) is 20.3 Å². The number of hydrogen-bond acceptors (Lipinski definition) is 8. The van der Waals surface area contributed by atoms with Gasteiger partial charge in [-0.2, -0.15) is 0 Å². The van der Waals surface area contributed by atoms with Gasteiger partial charge in [-0.25, -0.2) is 9.97 Å². The first-order valence-corrected chi connectivity index (χ1v) is 11.0. The third kappa shape index (κ3) is 4.57. The lowest BCUT2D eigenvalue weighted by Gasteiger charge is -2.29. The third-order valence-corrected chi connectivity index (χ3v) is 5.86. The van der Waals surface area contributed by atoms with E-state index in [1.165, 1.54) is 0 Å². The first-order chi connectivity index (χ1) is 15.3. The highest BCUT2D eigenvalue weighted by Crippen LogP contribution is 2.33. The van der Waals surface area contributed by atoms with Gasteiger partial charge in [-0.3, -0.25) is 4.98 Å². The molecule has 2 saturated heterocycles. The number of pyridine rings is 1. The molecule has 31 heavy (non-hydrogen) atoms. The van der Waals surface area contributed by atoms with E-state index in [2.05, 4.69) is 37.6 Å². The van der Waals surface area contributed by atoms with Gasteiger partial charge in [0, 0.05) is 50.7 Å². The van der Waals surface area contributed by atoms with Gasteiger partial charge in [0.2, 0.25) is 0 Å². The molecule has 0 saturated carbocycles. The van der Waals surface area contributed by atoms with Crippen molar-refractivity contribution in [2.24, 2.45) is 0 Å². The van der Waals surface area contributed by atoms with E-state index in [1.54, 1.807) is 12.4 Å². The lowest BCUT2D eigenvalue weighted by molar-refractivity contribution is 0.0372. The number of rotatable bonds is 5. The van der Waals surface area contributed by atoms with E-state index in [4.69, 9.17) is 26.1 Å². The zero-order chi connectivity index (χ0) is 21.0. The summed E-state index contributed by atoms with van der Waals surface area (Å²) in [5, 5.41) is 7.46. The molecule has 0 unspecified atom stereocenters. The Bertz CT molecular complexity index is 1050. The lowest BCUT2D eigenvalue weighted by Crippen LogP contribution is -2.42. The number of ether oxygens (including phenoxy) is 2. The third-order valence-electron chi connectivity index (χ3n) is 5.55. The number of morpholine rings is 2. The average molecular weight is 441 g/mol. The van der Waals surface area contributed by atoms with Gasteiger partial charge < -0.3 is 25.0 Å². The Hall–Kier alpha value is -2.52. The quantitative estimate of drug-likeness (QED) is 0.626. The highest BCUT2D eigenvalue weighted by atomic mass is 35.5. The molecular weight excluding hydrogens is 416 g/mol. The number of nitrogens with zero attached hydrogens (tertiary/aromatic N) is 4. The monoisotopic (exact) mass is 440 g/mol. The Kier molecular flexibility index (Phi) is 6.13. The van der Waals surface area contributed by atoms with Crippen molar-refractivity contribution in [1.29, 1.82) is 0 Å². The summed E-state index contributed by atoms with van der Waals surface area (Å²) in [6.07, 6.45) is 3.47. The molecule has 4 heterocycles. The second kappa shape index (κ2) is 9.32. The minimum absolute atomic E-state index is 0.0909. The van der Waals surface area contributed by atoms with Crippen LogP contribution in [0, 0.1) is 0 Å². The summed E-state index contributed by atoms with van der Waals surface area (Å²) in [6, 6.07) is 8.03. The summed E-state index contributed by atoms with van der Waals surface area (Å²) in [6.45, 7) is 6.19. The Morgan fingerprint density at radius 1 is 1.13 bits per heavy atom. The van der Waals surface area contributed by atoms with Gasteiger partial charge in [-0.15, -0.1) is 0 Å². The van der Waals surface area contributed by atoms with Gasteiger partial charge in [0.25, 0.3) is 0 Å². The second-order valence-corrected chi connectivity index (χ2v) is 8.03. The molecule has 0 amide bonds. The molecule has 0 spiro atoms. The Balaban J connectivity index is 1.44. The number of hydrogen-bond donors (Lipinski definition) is 2. The van der Waals surface area contributed by atoms with Crippen LogP contribution < -0.4 is 15.5 Å². The zero-order valence-corrected chi connectivity index (χ0v) is 17.9. The molecule has 0 bridgehead atoms. The van der Waals surface area contributed by atoms with Crippen LogP contribution in [0.25, 0.3) is 22.3 Å². The van der Waals surface area contributed by atoms with E-state index < -0.39 is 0 Å². The van der Waals surface area contributed by atoms with Gasteiger partial charge in [0.15, 0.2) is 5.82 Å². The molecule has 3 aromatic rings. The fraction of sp³-hybridized carbons (Fsp3) is 0.409. The summed E-state index contributed by atoms with van der Waals surface area (Å²) < 4.78 is 11.2. The van der Waals surface area contributed by atoms with E-state index in [1.807, 2.05) is 12.1 Å². The number of anilines is 2. The molecular formula is C22H25ClN6O2. The van der Waals surface area contributed by atoms with Crippen LogP contribution in [0.4, 0.5) is 11.5 Å². The predicted molar refractivity (Wildman–Crippen MR) is 122 cm³/mol. The fourth-order valence-electron chi connectivity index (χ4n) is 3.93. The van der Waals surface area contributed by atoms with Crippen molar-refractivity contribution in [3.05, 3.63) is 41.7 Å². The zero-order valence-electron chi connectivity index (χ0n) is 17.2. The highest BCUT2D eigenvalue weighted by Gasteiger charge is 2.17. The summed E-state index contributed by atoms with van der Waals surface area (Å²) in [5.41, 5.74) is 4.29. The minimum Gasteiger partial charge on any atom is -0.378 e. The van der Waals surface area contributed by atoms with Crippen LogP contribution in [0.15, 0.2) is 36.7 Å². The summed E-state index contributed by atoms with van der Waals surface area (Å²) in [7, 11) is 0. The van der Waals surface area contributed by atoms with Crippen molar-refractivity contribution >= 4 is 34.1 Å². The molecule has 1 aromatic carbocycles. The minimum atomic E-state index is 0.0909. The van der Waals surface area contributed by atoms with Crippen LogP contribution >= 0.6 is 11.6 Å². The van der Waals surface area contributed by atoms with E-state index >= 15 is 0 Å². The Morgan fingerprint density at radius 3 is 2.81 bits per heavy atom. The van der Waals surface area contributed by atoms with Crippen molar-refractivity contribution in [3.63, 3.8) is 0 Å². The number of fused-ring (bicyclic) bond motifs is 1. The highest BCUT2D eigenvalue weighted by molar-refractivity contribution is 6.33. The molecule has 1 atom stereocenters. The lowest BCUT2D eigenvalue weighted by atomic mass is 10.1. The standard InChI is InChI=1S/C22H25ClN6O2/c23-17-11-15(1-2-20(17)29-6-9-30-10-7-29)18-12-19-21(26-4-3-25-19)22(28-18)27-14-16-13-24-5-8-31-16/h1-4,11-12,16,24H,5-10,13-14H2,(H,27,28)/t16-/m0/s1. The number of benzene rings is 1. The van der Waals surface area contributed by atoms with Gasteiger partial charge in [-0.05, 0) is 18.2 Å². The van der Waals surface area contributed by atoms with Crippen molar-refractivity contribution in [3.8, 4) is 11.3 Å². The molecule has 2 N–H and O–H groups in total. The maximum Gasteiger partial charge on any atom is 0.154 e. The average Bonchev–Trinajstić information content (AvgIpc) is 2.83. The maximum absolute atomic E-state index is 6.66. The van der Waals surface area contributed by atoms with Crippen LogP contribution in [0.2, 0.25) is 5.02 Å². The van der Waals surface area contributed by atoms with Gasteiger partial charge in [0.05, 0.1) is 47.8 Å². The van der Waals surface area contributed by atoms with E-state index in [9.17, 15) is 0 Å². The Labute approximate surface area is 185 Å². The van der Waals surface area contributed by atoms with E-state index in [-0.39, 0.29) is 6.10 Å². The van der Waals surface area contributed by atoms with E-state index in [0.29, 0.717) is 24.0 Å². The molecule has 9 heteroatoms. The number of aromatic nitrogens is 3. The second-order valence-electron chi connectivity index (χ2n) is 7.62. The van der Waals surface area contributed by atoms with E-state index in [0.717, 1.165) is 67.4 Å². The van der Waals surface area contributed by atoms with Crippen LogP contribution in [-0.2, 0) is 9.47 Å². The largest absolute Gasteiger partial charge is 0.378 e. The Morgan fingerprint density at radius 2 is 2.00 bits per heavy atom. The first kappa shape index (κ1) is 20.4. The molecule has 5 rings (SSSR count). The van der Waals surface area contributed by atoms with Crippen molar-refractivity contribution in [2.45, 2.75) is 6.10 Å². The smallest absolute Gasteiger partial charge is 0.154 e. The topological polar surface area (TPSA) is 84.4 Å². The number of nitrogens with one attached hydrogen (secondary N) is 2. The SMILES string of the molecule is Clc1cc(-c2cc3nccnc3c(NC[C@@H]3CNCCO3)n2)ccc1N1CCOCC1. The molecule has 0 aliphatic carbocycles. The molecule has 2 fully saturated rings. The molecule has 162 valence electrons. The van der Waals surface area contributed by atoms with Crippen LogP contribution in [-0.4, -0.2) is 73.6 Å².